The van der Waals surface area contributed by atoms with E-state index in [1.54, 1.807) is 0 Å². The van der Waals surface area contributed by atoms with E-state index in [1.807, 2.05) is 0 Å². The first-order valence-corrected chi connectivity index (χ1v) is 6.62. The van der Waals surface area contributed by atoms with Crippen LogP contribution in [0, 0.1) is 0 Å². The Balaban J connectivity index is 3.36. The number of rotatable bonds is 10. The summed E-state index contributed by atoms with van der Waals surface area (Å²) in [4.78, 5) is 13.5. The molecule has 0 saturated heterocycles. The number of hydrogen-bond acceptors (Lipinski definition) is 3. The van der Waals surface area contributed by atoms with Crippen LogP contribution < -0.4 is 0 Å². The lowest BCUT2D eigenvalue weighted by Gasteiger charge is -2.16. The zero-order valence-electron chi connectivity index (χ0n) is 11.1. The van der Waals surface area contributed by atoms with E-state index in [-0.39, 0.29) is 5.97 Å². The number of nitrogens with zero attached hydrogens (tertiary/aromatic N) is 1. The highest BCUT2D eigenvalue weighted by molar-refractivity contribution is 5.71. The van der Waals surface area contributed by atoms with Crippen molar-refractivity contribution in [3.05, 3.63) is 0 Å². The van der Waals surface area contributed by atoms with Crippen molar-refractivity contribution in [3.63, 3.8) is 0 Å². The molecule has 0 spiro atoms. The first kappa shape index (κ1) is 15.4. The number of unbranched alkanes of at least 4 members (excludes halogenated alkanes) is 4. The first-order chi connectivity index (χ1) is 7.74. The Morgan fingerprint density at radius 3 is 2.19 bits per heavy atom. The van der Waals surface area contributed by atoms with Gasteiger partial charge in [0, 0.05) is 0 Å². The quantitative estimate of drug-likeness (QED) is 0.426. The monoisotopic (exact) mass is 229 g/mol. The summed E-state index contributed by atoms with van der Waals surface area (Å²) in [5, 5.41) is 0. The highest BCUT2D eigenvalue weighted by Gasteiger charge is 2.07. The molecular weight excluding hydrogens is 202 g/mol. The fourth-order valence-corrected chi connectivity index (χ4v) is 1.57. The Morgan fingerprint density at radius 2 is 1.62 bits per heavy atom. The topological polar surface area (TPSA) is 29.5 Å². The van der Waals surface area contributed by atoms with Crippen molar-refractivity contribution in [2.45, 2.75) is 52.9 Å². The van der Waals surface area contributed by atoms with Crippen LogP contribution in [0.3, 0.4) is 0 Å². The third-order valence-corrected chi connectivity index (χ3v) is 2.76. The molecule has 0 rings (SSSR count). The number of likely N-dealkylation sites (N-methyl/N-ethyl adjacent to an activating group) is 1. The van der Waals surface area contributed by atoms with E-state index in [1.165, 1.54) is 25.7 Å². The molecular formula is C13H27NO2. The van der Waals surface area contributed by atoms with Gasteiger partial charge in [-0.15, -0.1) is 0 Å². The van der Waals surface area contributed by atoms with Crippen LogP contribution >= 0.6 is 0 Å². The van der Waals surface area contributed by atoms with Gasteiger partial charge in [-0.25, -0.2) is 0 Å². The molecule has 0 atom stereocenters. The normalized spacial score (nSPS) is 10.8. The third kappa shape index (κ3) is 8.72. The second-order valence-corrected chi connectivity index (χ2v) is 4.10. The van der Waals surface area contributed by atoms with Crippen LogP contribution in [0.1, 0.15) is 52.9 Å². The lowest BCUT2D eigenvalue weighted by molar-refractivity contribution is -0.145. The van der Waals surface area contributed by atoms with Crippen LogP contribution in [0.2, 0.25) is 0 Å². The molecule has 0 bridgehead atoms. The molecule has 0 aliphatic rings. The number of hydrogen-bond donors (Lipinski definition) is 0. The second kappa shape index (κ2) is 10.9. The summed E-state index contributed by atoms with van der Waals surface area (Å²) in [5.74, 6) is -0.0841. The maximum Gasteiger partial charge on any atom is 0.320 e. The predicted molar refractivity (Wildman–Crippen MR) is 67.5 cm³/mol. The summed E-state index contributed by atoms with van der Waals surface area (Å²) < 4.78 is 5.18. The zero-order valence-corrected chi connectivity index (χ0v) is 11.1. The van der Waals surface area contributed by atoms with Gasteiger partial charge in [0.2, 0.25) is 0 Å². The Bertz CT molecular complexity index is 167. The van der Waals surface area contributed by atoms with E-state index in [4.69, 9.17) is 4.74 Å². The van der Waals surface area contributed by atoms with Gasteiger partial charge in [-0.05, 0) is 19.5 Å². The summed E-state index contributed by atoms with van der Waals surface area (Å²) in [6.07, 6.45) is 5.97. The SMILES string of the molecule is CCCCCCCOC(=O)CN(CC)CC. The number of esters is 1. The van der Waals surface area contributed by atoms with Gasteiger partial charge >= 0.3 is 5.97 Å². The minimum Gasteiger partial charge on any atom is -0.465 e. The molecule has 0 aliphatic heterocycles. The van der Waals surface area contributed by atoms with Gasteiger partial charge < -0.3 is 4.74 Å². The predicted octanol–water partition coefficient (Wildman–Crippen LogP) is 2.84. The molecule has 0 radical (unpaired) electrons. The summed E-state index contributed by atoms with van der Waals surface area (Å²) in [7, 11) is 0. The Labute approximate surface area is 100 Å². The van der Waals surface area contributed by atoms with Gasteiger partial charge in [0.15, 0.2) is 0 Å². The minimum atomic E-state index is -0.0841. The molecule has 3 heteroatoms. The molecule has 0 aromatic carbocycles. The standard InChI is InChI=1S/C13H27NO2/c1-4-7-8-9-10-11-16-13(15)12-14(5-2)6-3/h4-12H2,1-3H3. The fourth-order valence-electron chi connectivity index (χ4n) is 1.57. The summed E-state index contributed by atoms with van der Waals surface area (Å²) in [6, 6.07) is 0. The van der Waals surface area contributed by atoms with Crippen molar-refractivity contribution < 1.29 is 9.53 Å². The van der Waals surface area contributed by atoms with Crippen molar-refractivity contribution in [1.82, 2.24) is 4.90 Å². The molecule has 96 valence electrons. The maximum absolute atomic E-state index is 11.4. The highest BCUT2D eigenvalue weighted by atomic mass is 16.5. The van der Waals surface area contributed by atoms with E-state index >= 15 is 0 Å². The molecule has 0 N–H and O–H groups in total. The molecule has 0 heterocycles. The summed E-state index contributed by atoms with van der Waals surface area (Å²) in [5.41, 5.74) is 0. The van der Waals surface area contributed by atoms with Gasteiger partial charge in [0.1, 0.15) is 0 Å². The average molecular weight is 229 g/mol. The smallest absolute Gasteiger partial charge is 0.320 e. The Morgan fingerprint density at radius 1 is 1.00 bits per heavy atom. The molecule has 0 amide bonds. The molecule has 3 nitrogen and oxygen atoms in total. The summed E-state index contributed by atoms with van der Waals surface area (Å²) >= 11 is 0. The van der Waals surface area contributed by atoms with E-state index < -0.39 is 0 Å². The molecule has 0 fully saturated rings. The number of carbonyl (C=O) groups excluding carboxylic acids is 1. The van der Waals surface area contributed by atoms with Crippen molar-refractivity contribution in [2.75, 3.05) is 26.2 Å². The van der Waals surface area contributed by atoms with Gasteiger partial charge in [0.25, 0.3) is 0 Å². The molecule has 0 aromatic rings. The van der Waals surface area contributed by atoms with Crippen LogP contribution in [0.4, 0.5) is 0 Å². The van der Waals surface area contributed by atoms with Crippen LogP contribution in [-0.2, 0) is 9.53 Å². The molecule has 0 unspecified atom stereocenters. The van der Waals surface area contributed by atoms with Gasteiger partial charge in [-0.2, -0.15) is 0 Å². The van der Waals surface area contributed by atoms with Crippen molar-refractivity contribution in [3.8, 4) is 0 Å². The maximum atomic E-state index is 11.4. The van der Waals surface area contributed by atoms with Gasteiger partial charge in [-0.3, -0.25) is 9.69 Å². The fraction of sp³-hybridized carbons (Fsp3) is 0.923. The van der Waals surface area contributed by atoms with Crippen LogP contribution in [-0.4, -0.2) is 37.1 Å². The van der Waals surface area contributed by atoms with Crippen LogP contribution in [0.5, 0.6) is 0 Å². The lowest BCUT2D eigenvalue weighted by Crippen LogP contribution is -2.30. The average Bonchev–Trinajstić information content (AvgIpc) is 2.30. The summed E-state index contributed by atoms with van der Waals surface area (Å²) in [6.45, 7) is 9.14. The van der Waals surface area contributed by atoms with E-state index in [9.17, 15) is 4.79 Å². The van der Waals surface area contributed by atoms with Crippen LogP contribution in [0.15, 0.2) is 0 Å². The Hall–Kier alpha value is -0.570. The molecule has 16 heavy (non-hydrogen) atoms. The molecule has 0 aromatic heterocycles. The number of ether oxygens (including phenoxy) is 1. The largest absolute Gasteiger partial charge is 0.465 e. The van der Waals surface area contributed by atoms with Crippen molar-refractivity contribution in [2.24, 2.45) is 0 Å². The number of carbonyl (C=O) groups is 1. The van der Waals surface area contributed by atoms with E-state index in [2.05, 4.69) is 25.7 Å². The second-order valence-electron chi connectivity index (χ2n) is 4.10. The zero-order chi connectivity index (χ0) is 12.2. The van der Waals surface area contributed by atoms with Gasteiger partial charge in [0.05, 0.1) is 13.2 Å². The third-order valence-electron chi connectivity index (χ3n) is 2.76. The van der Waals surface area contributed by atoms with Crippen molar-refractivity contribution in [1.29, 1.82) is 0 Å². The van der Waals surface area contributed by atoms with Gasteiger partial charge in [-0.1, -0.05) is 46.5 Å². The van der Waals surface area contributed by atoms with Crippen molar-refractivity contribution >= 4 is 5.97 Å². The lowest BCUT2D eigenvalue weighted by atomic mass is 10.2. The van der Waals surface area contributed by atoms with Crippen LogP contribution in [0.25, 0.3) is 0 Å². The highest BCUT2D eigenvalue weighted by Crippen LogP contribution is 2.02. The Kier molecular flexibility index (Phi) is 10.5. The minimum absolute atomic E-state index is 0.0841. The molecule has 0 aliphatic carbocycles. The molecule has 0 saturated carbocycles. The van der Waals surface area contributed by atoms with E-state index in [0.29, 0.717) is 13.2 Å². The van der Waals surface area contributed by atoms with E-state index in [0.717, 1.165) is 19.5 Å². The first-order valence-electron chi connectivity index (χ1n) is 6.62.